The first-order valence-electron chi connectivity index (χ1n) is 8.40. The first kappa shape index (κ1) is 20.4. The van der Waals surface area contributed by atoms with Crippen LogP contribution >= 0.6 is 0 Å². The molecule has 3 rings (SSSR count). The molecule has 0 N–H and O–H groups in total. The molecule has 0 aliphatic heterocycles. The van der Waals surface area contributed by atoms with Gasteiger partial charge in [-0.15, -0.1) is 0 Å². The standard InChI is InChI=1S/C22H11F3N2O3/c23-22(24,25)21-10-19(5-4-16(21)13-28)29-17-2-1-3-18(9-17)30-20-7-14(11-26)6-15(8-20)12-27/h1-10,13H. The number of hydrogen-bond donors (Lipinski definition) is 0. The third-order valence-electron chi connectivity index (χ3n) is 3.90. The number of aldehydes is 1. The lowest BCUT2D eigenvalue weighted by molar-refractivity contribution is -0.137. The Balaban J connectivity index is 1.86. The highest BCUT2D eigenvalue weighted by molar-refractivity contribution is 5.78. The van der Waals surface area contributed by atoms with E-state index in [9.17, 15) is 18.0 Å². The highest BCUT2D eigenvalue weighted by Crippen LogP contribution is 2.36. The molecule has 0 amide bonds. The minimum absolute atomic E-state index is 0.108. The quantitative estimate of drug-likeness (QED) is 0.495. The number of rotatable bonds is 5. The first-order chi connectivity index (χ1) is 14.3. The summed E-state index contributed by atoms with van der Waals surface area (Å²) < 4.78 is 50.4. The van der Waals surface area contributed by atoms with Crippen LogP contribution in [0.1, 0.15) is 27.0 Å². The maximum atomic E-state index is 13.1. The molecule has 0 unspecified atom stereocenters. The van der Waals surface area contributed by atoms with Crippen molar-refractivity contribution in [1.82, 2.24) is 0 Å². The Bertz CT molecular complexity index is 1160. The molecule has 0 saturated heterocycles. The van der Waals surface area contributed by atoms with Crippen molar-refractivity contribution >= 4 is 6.29 Å². The Kier molecular flexibility index (Phi) is 5.70. The summed E-state index contributed by atoms with van der Waals surface area (Å²) in [6.45, 7) is 0. The van der Waals surface area contributed by atoms with Gasteiger partial charge in [-0.1, -0.05) is 6.07 Å². The van der Waals surface area contributed by atoms with Crippen molar-refractivity contribution in [1.29, 1.82) is 10.5 Å². The molecule has 0 aromatic heterocycles. The van der Waals surface area contributed by atoms with E-state index in [1.165, 1.54) is 36.4 Å². The van der Waals surface area contributed by atoms with E-state index in [0.29, 0.717) is 0 Å². The van der Waals surface area contributed by atoms with Crippen LogP contribution in [0.3, 0.4) is 0 Å². The molecule has 0 atom stereocenters. The van der Waals surface area contributed by atoms with Gasteiger partial charge in [0.2, 0.25) is 0 Å². The van der Waals surface area contributed by atoms with Gasteiger partial charge in [-0.05, 0) is 48.5 Å². The van der Waals surface area contributed by atoms with Crippen LogP contribution in [-0.2, 0) is 6.18 Å². The van der Waals surface area contributed by atoms with Crippen LogP contribution in [0.4, 0.5) is 13.2 Å². The van der Waals surface area contributed by atoms with Gasteiger partial charge < -0.3 is 9.47 Å². The molecule has 0 radical (unpaired) electrons. The molecule has 0 saturated carbocycles. The van der Waals surface area contributed by atoms with Gasteiger partial charge in [0.15, 0.2) is 6.29 Å². The normalized spacial score (nSPS) is 10.6. The summed E-state index contributed by atoms with van der Waals surface area (Å²) >= 11 is 0. The van der Waals surface area contributed by atoms with Crippen LogP contribution in [0.2, 0.25) is 0 Å². The zero-order valence-corrected chi connectivity index (χ0v) is 15.1. The van der Waals surface area contributed by atoms with Crippen molar-refractivity contribution in [3.63, 3.8) is 0 Å². The highest BCUT2D eigenvalue weighted by Gasteiger charge is 2.33. The molecule has 3 aromatic carbocycles. The average Bonchev–Trinajstić information content (AvgIpc) is 2.73. The summed E-state index contributed by atoms with van der Waals surface area (Å²) in [7, 11) is 0. The second-order valence-electron chi connectivity index (χ2n) is 6.01. The van der Waals surface area contributed by atoms with Crippen molar-refractivity contribution in [2.75, 3.05) is 0 Å². The van der Waals surface area contributed by atoms with E-state index in [0.717, 1.165) is 12.1 Å². The van der Waals surface area contributed by atoms with E-state index >= 15 is 0 Å². The van der Waals surface area contributed by atoms with E-state index in [1.807, 2.05) is 12.1 Å². The maximum Gasteiger partial charge on any atom is 0.417 e. The van der Waals surface area contributed by atoms with Gasteiger partial charge in [-0.2, -0.15) is 23.7 Å². The summed E-state index contributed by atoms with van der Waals surface area (Å²) in [5.41, 5.74) is -1.10. The fourth-order valence-electron chi connectivity index (χ4n) is 2.61. The van der Waals surface area contributed by atoms with Crippen molar-refractivity contribution in [3.8, 4) is 35.1 Å². The molecule has 0 bridgehead atoms. The average molecular weight is 408 g/mol. The number of nitrogens with zero attached hydrogens (tertiary/aromatic N) is 2. The first-order valence-corrected chi connectivity index (χ1v) is 8.40. The summed E-state index contributed by atoms with van der Waals surface area (Å²) in [5, 5.41) is 18.1. The number of carbonyl (C=O) groups excluding carboxylic acids is 1. The molecule has 0 aliphatic rings. The summed E-state index contributed by atoms with van der Waals surface area (Å²) in [5.74, 6) is 0.615. The second-order valence-corrected chi connectivity index (χ2v) is 6.01. The maximum absolute atomic E-state index is 13.1. The van der Waals surface area contributed by atoms with Crippen LogP contribution in [0.25, 0.3) is 0 Å². The predicted octanol–water partition coefficient (Wildman–Crippen LogP) is 5.85. The minimum Gasteiger partial charge on any atom is -0.457 e. The molecular formula is C22H11F3N2O3. The Labute approximate surface area is 169 Å². The van der Waals surface area contributed by atoms with Gasteiger partial charge in [0.05, 0.1) is 28.8 Å². The van der Waals surface area contributed by atoms with Crippen molar-refractivity contribution in [3.05, 3.63) is 82.9 Å². The second kappa shape index (κ2) is 8.38. The largest absolute Gasteiger partial charge is 0.457 e. The Hall–Kier alpha value is -4.30. The van der Waals surface area contributed by atoms with Crippen molar-refractivity contribution in [2.24, 2.45) is 0 Å². The van der Waals surface area contributed by atoms with Gasteiger partial charge in [-0.25, -0.2) is 0 Å². The highest BCUT2D eigenvalue weighted by atomic mass is 19.4. The summed E-state index contributed by atoms with van der Waals surface area (Å²) in [4.78, 5) is 10.9. The zero-order chi connectivity index (χ0) is 21.7. The van der Waals surface area contributed by atoms with Gasteiger partial charge >= 0.3 is 6.18 Å². The molecule has 30 heavy (non-hydrogen) atoms. The van der Waals surface area contributed by atoms with Crippen LogP contribution in [-0.4, -0.2) is 6.29 Å². The molecule has 5 nitrogen and oxygen atoms in total. The van der Waals surface area contributed by atoms with E-state index in [1.54, 1.807) is 12.1 Å². The number of halogens is 3. The number of alkyl halides is 3. The Morgan fingerprint density at radius 1 is 0.767 bits per heavy atom. The lowest BCUT2D eigenvalue weighted by Gasteiger charge is -2.13. The number of benzene rings is 3. The molecule has 0 aliphatic carbocycles. The van der Waals surface area contributed by atoms with Gasteiger partial charge in [-0.3, -0.25) is 4.79 Å². The van der Waals surface area contributed by atoms with Crippen molar-refractivity contribution in [2.45, 2.75) is 6.18 Å². The monoisotopic (exact) mass is 408 g/mol. The minimum atomic E-state index is -4.70. The molecule has 0 fully saturated rings. The van der Waals surface area contributed by atoms with Crippen LogP contribution in [0.5, 0.6) is 23.0 Å². The molecule has 0 spiro atoms. The van der Waals surface area contributed by atoms with Crippen LogP contribution < -0.4 is 9.47 Å². The van der Waals surface area contributed by atoms with Gasteiger partial charge in [0.25, 0.3) is 0 Å². The number of carbonyl (C=O) groups is 1. The van der Waals surface area contributed by atoms with Gasteiger partial charge in [0, 0.05) is 11.6 Å². The van der Waals surface area contributed by atoms with Gasteiger partial charge in [0.1, 0.15) is 23.0 Å². The SMILES string of the molecule is N#Cc1cc(C#N)cc(Oc2cccc(Oc3ccc(C=O)c(C(F)(F)F)c3)c2)c1. The number of hydrogen-bond acceptors (Lipinski definition) is 5. The van der Waals surface area contributed by atoms with Crippen LogP contribution in [0, 0.1) is 22.7 Å². The van der Waals surface area contributed by atoms with E-state index < -0.39 is 17.3 Å². The van der Waals surface area contributed by atoms with Crippen LogP contribution in [0.15, 0.2) is 60.7 Å². The molecular weight excluding hydrogens is 397 g/mol. The lowest BCUT2D eigenvalue weighted by atomic mass is 10.1. The summed E-state index contributed by atoms with van der Waals surface area (Å²) in [6.07, 6.45) is -4.57. The Morgan fingerprint density at radius 2 is 1.33 bits per heavy atom. The molecule has 8 heteroatoms. The molecule has 3 aromatic rings. The number of ether oxygens (including phenoxy) is 2. The summed E-state index contributed by atoms with van der Waals surface area (Å²) in [6, 6.07) is 17.3. The fraction of sp³-hybridized carbons (Fsp3) is 0.0455. The third kappa shape index (κ3) is 4.75. The Morgan fingerprint density at radius 3 is 1.87 bits per heavy atom. The smallest absolute Gasteiger partial charge is 0.417 e. The lowest BCUT2D eigenvalue weighted by Crippen LogP contribution is -2.09. The van der Waals surface area contributed by atoms with E-state index in [4.69, 9.17) is 20.0 Å². The molecule has 148 valence electrons. The van der Waals surface area contributed by atoms with E-state index in [2.05, 4.69) is 0 Å². The van der Waals surface area contributed by atoms with Crippen molar-refractivity contribution < 1.29 is 27.4 Å². The fourth-order valence-corrected chi connectivity index (χ4v) is 2.61. The zero-order valence-electron chi connectivity index (χ0n) is 15.1. The third-order valence-corrected chi connectivity index (χ3v) is 3.90. The number of nitriles is 2. The van der Waals surface area contributed by atoms with E-state index in [-0.39, 0.29) is 40.4 Å². The topological polar surface area (TPSA) is 83.1 Å². The predicted molar refractivity (Wildman–Crippen MR) is 99.3 cm³/mol. The molecule has 0 heterocycles.